The van der Waals surface area contributed by atoms with Crippen LogP contribution < -0.4 is 5.32 Å². The fraction of sp³-hybridized carbons (Fsp3) is 0.625. The van der Waals surface area contributed by atoms with Crippen molar-refractivity contribution in [1.82, 2.24) is 10.2 Å². The highest BCUT2D eigenvalue weighted by molar-refractivity contribution is 5.23. The van der Waals surface area contributed by atoms with Crippen molar-refractivity contribution in [2.45, 2.75) is 40.8 Å². The van der Waals surface area contributed by atoms with E-state index in [1.54, 1.807) is 0 Å². The van der Waals surface area contributed by atoms with Crippen molar-refractivity contribution in [1.29, 1.82) is 0 Å². The van der Waals surface area contributed by atoms with Crippen LogP contribution in [0.25, 0.3) is 0 Å². The van der Waals surface area contributed by atoms with Crippen LogP contribution in [0.15, 0.2) is 24.3 Å². The quantitative estimate of drug-likeness (QED) is 0.831. The first kappa shape index (κ1) is 15.2. The maximum absolute atomic E-state index is 3.37. The van der Waals surface area contributed by atoms with Gasteiger partial charge in [-0.1, -0.05) is 52.0 Å². The van der Waals surface area contributed by atoms with Gasteiger partial charge in [-0.2, -0.15) is 0 Å². The van der Waals surface area contributed by atoms with Crippen LogP contribution >= 0.6 is 0 Å². The highest BCUT2D eigenvalue weighted by atomic mass is 15.1. The largest absolute Gasteiger partial charge is 0.313 e. The number of hydrogen-bond donors (Lipinski definition) is 1. The molecule has 0 aliphatic rings. The van der Waals surface area contributed by atoms with Crippen LogP contribution in [0.3, 0.4) is 0 Å². The van der Waals surface area contributed by atoms with Gasteiger partial charge in [-0.15, -0.1) is 0 Å². The highest BCUT2D eigenvalue weighted by Crippen LogP contribution is 2.16. The third-order valence-corrected chi connectivity index (χ3v) is 2.77. The van der Waals surface area contributed by atoms with Gasteiger partial charge in [0.05, 0.1) is 0 Å². The first-order chi connectivity index (χ1) is 8.40. The second-order valence-corrected chi connectivity index (χ2v) is 6.33. The van der Waals surface area contributed by atoms with Gasteiger partial charge in [0.15, 0.2) is 0 Å². The van der Waals surface area contributed by atoms with Crippen LogP contribution in [0.1, 0.15) is 38.8 Å². The minimum atomic E-state index is 0.357. The van der Waals surface area contributed by atoms with E-state index in [2.05, 4.69) is 69.2 Å². The summed E-state index contributed by atoms with van der Waals surface area (Å²) in [5.74, 6) is 0. The summed E-state index contributed by atoms with van der Waals surface area (Å²) >= 11 is 0. The van der Waals surface area contributed by atoms with Gasteiger partial charge in [-0.3, -0.25) is 0 Å². The van der Waals surface area contributed by atoms with E-state index in [0.717, 1.165) is 26.2 Å². The SMILES string of the molecule is CCNCc1cccc(CN(C)CC(C)(C)C)c1. The molecule has 2 nitrogen and oxygen atoms in total. The second kappa shape index (κ2) is 6.91. The molecule has 0 aliphatic carbocycles. The first-order valence-electron chi connectivity index (χ1n) is 6.88. The van der Waals surface area contributed by atoms with E-state index in [1.807, 2.05) is 0 Å². The van der Waals surface area contributed by atoms with Crippen LogP contribution in [0, 0.1) is 5.41 Å². The summed E-state index contributed by atoms with van der Waals surface area (Å²) in [6, 6.07) is 8.87. The molecule has 0 amide bonds. The number of rotatable bonds is 6. The summed E-state index contributed by atoms with van der Waals surface area (Å²) in [5.41, 5.74) is 3.13. The molecule has 0 saturated carbocycles. The maximum Gasteiger partial charge on any atom is 0.0231 e. The Hall–Kier alpha value is -0.860. The van der Waals surface area contributed by atoms with E-state index in [0.29, 0.717) is 5.41 Å². The van der Waals surface area contributed by atoms with E-state index >= 15 is 0 Å². The Morgan fingerprint density at radius 2 is 1.83 bits per heavy atom. The van der Waals surface area contributed by atoms with Crippen molar-refractivity contribution in [2.75, 3.05) is 20.1 Å². The van der Waals surface area contributed by atoms with Crippen LogP contribution in [-0.4, -0.2) is 25.0 Å². The fourth-order valence-corrected chi connectivity index (χ4v) is 2.28. The van der Waals surface area contributed by atoms with Crippen LogP contribution in [0.2, 0.25) is 0 Å². The van der Waals surface area contributed by atoms with Gasteiger partial charge in [0.2, 0.25) is 0 Å². The average molecular weight is 248 g/mol. The number of nitrogens with one attached hydrogen (secondary N) is 1. The molecule has 0 fully saturated rings. The molecule has 0 unspecified atom stereocenters. The topological polar surface area (TPSA) is 15.3 Å². The van der Waals surface area contributed by atoms with E-state index in [9.17, 15) is 0 Å². The molecule has 2 heteroatoms. The summed E-state index contributed by atoms with van der Waals surface area (Å²) in [5, 5.41) is 3.37. The molecule has 1 aromatic carbocycles. The summed E-state index contributed by atoms with van der Waals surface area (Å²) in [7, 11) is 2.20. The summed E-state index contributed by atoms with van der Waals surface area (Å²) < 4.78 is 0. The van der Waals surface area contributed by atoms with Crippen molar-refractivity contribution in [3.8, 4) is 0 Å². The average Bonchev–Trinajstić information content (AvgIpc) is 2.24. The molecule has 1 N–H and O–H groups in total. The number of nitrogens with zero attached hydrogens (tertiary/aromatic N) is 1. The summed E-state index contributed by atoms with van der Waals surface area (Å²) in [4.78, 5) is 2.40. The lowest BCUT2D eigenvalue weighted by Crippen LogP contribution is -2.28. The number of benzene rings is 1. The lowest BCUT2D eigenvalue weighted by atomic mass is 9.96. The molecule has 102 valence electrons. The molecule has 0 aromatic heterocycles. The lowest BCUT2D eigenvalue weighted by molar-refractivity contribution is 0.221. The maximum atomic E-state index is 3.37. The fourth-order valence-electron chi connectivity index (χ4n) is 2.28. The van der Waals surface area contributed by atoms with Gasteiger partial charge < -0.3 is 10.2 Å². The molecule has 0 bridgehead atoms. The standard InChI is InChI=1S/C16H28N2/c1-6-17-11-14-8-7-9-15(10-14)12-18(5)13-16(2,3)4/h7-10,17H,6,11-13H2,1-5H3. The van der Waals surface area contributed by atoms with Gasteiger partial charge >= 0.3 is 0 Å². The van der Waals surface area contributed by atoms with Crippen molar-refractivity contribution < 1.29 is 0 Å². The second-order valence-electron chi connectivity index (χ2n) is 6.33. The van der Waals surface area contributed by atoms with Crippen molar-refractivity contribution in [3.05, 3.63) is 35.4 Å². The molecule has 0 aliphatic heterocycles. The monoisotopic (exact) mass is 248 g/mol. The van der Waals surface area contributed by atoms with Gasteiger partial charge in [-0.05, 0) is 30.1 Å². The third-order valence-electron chi connectivity index (χ3n) is 2.77. The smallest absolute Gasteiger partial charge is 0.0231 e. The van der Waals surface area contributed by atoms with Crippen LogP contribution in [-0.2, 0) is 13.1 Å². The highest BCUT2D eigenvalue weighted by Gasteiger charge is 2.13. The molecule has 0 radical (unpaired) electrons. The van der Waals surface area contributed by atoms with Crippen molar-refractivity contribution in [2.24, 2.45) is 5.41 Å². The van der Waals surface area contributed by atoms with E-state index in [1.165, 1.54) is 11.1 Å². The van der Waals surface area contributed by atoms with E-state index in [-0.39, 0.29) is 0 Å². The van der Waals surface area contributed by atoms with E-state index in [4.69, 9.17) is 0 Å². The van der Waals surface area contributed by atoms with E-state index < -0.39 is 0 Å². The Bertz CT molecular complexity index is 352. The molecule has 1 aromatic rings. The Labute approximate surface area is 112 Å². The zero-order chi connectivity index (χ0) is 13.6. The minimum absolute atomic E-state index is 0.357. The Morgan fingerprint density at radius 3 is 2.44 bits per heavy atom. The normalized spacial score (nSPS) is 12.1. The third kappa shape index (κ3) is 6.18. The van der Waals surface area contributed by atoms with Gasteiger partial charge in [-0.25, -0.2) is 0 Å². The molecular formula is C16H28N2. The Kier molecular flexibility index (Phi) is 5.83. The molecule has 0 atom stereocenters. The molecular weight excluding hydrogens is 220 g/mol. The predicted octanol–water partition coefficient (Wildman–Crippen LogP) is 3.27. The van der Waals surface area contributed by atoms with Crippen LogP contribution in [0.5, 0.6) is 0 Å². The van der Waals surface area contributed by atoms with Gasteiger partial charge in [0.1, 0.15) is 0 Å². The number of hydrogen-bond acceptors (Lipinski definition) is 2. The predicted molar refractivity (Wildman–Crippen MR) is 79.6 cm³/mol. The summed E-state index contributed by atoms with van der Waals surface area (Å²) in [6.07, 6.45) is 0. The Morgan fingerprint density at radius 1 is 1.17 bits per heavy atom. The minimum Gasteiger partial charge on any atom is -0.313 e. The lowest BCUT2D eigenvalue weighted by Gasteiger charge is -2.26. The van der Waals surface area contributed by atoms with Crippen LogP contribution in [0.4, 0.5) is 0 Å². The van der Waals surface area contributed by atoms with Crippen molar-refractivity contribution >= 4 is 0 Å². The molecule has 0 spiro atoms. The Balaban J connectivity index is 2.56. The molecule has 0 saturated heterocycles. The first-order valence-corrected chi connectivity index (χ1v) is 6.88. The molecule has 0 heterocycles. The summed E-state index contributed by atoms with van der Waals surface area (Å²) in [6.45, 7) is 13.1. The zero-order valence-corrected chi connectivity index (χ0v) is 12.6. The van der Waals surface area contributed by atoms with Crippen molar-refractivity contribution in [3.63, 3.8) is 0 Å². The van der Waals surface area contributed by atoms with Gasteiger partial charge in [0, 0.05) is 19.6 Å². The molecule has 1 rings (SSSR count). The molecule has 18 heavy (non-hydrogen) atoms. The zero-order valence-electron chi connectivity index (χ0n) is 12.6. The van der Waals surface area contributed by atoms with Gasteiger partial charge in [0.25, 0.3) is 0 Å².